The van der Waals surface area contributed by atoms with Crippen LogP contribution < -0.4 is 5.32 Å². The minimum Gasteiger partial charge on any atom is -0.467 e. The molecule has 2 aromatic rings. The monoisotopic (exact) mass is 375 g/mol. The molecule has 1 saturated heterocycles. The van der Waals surface area contributed by atoms with Crippen LogP contribution in [0.3, 0.4) is 0 Å². The quantitative estimate of drug-likeness (QED) is 0.813. The van der Waals surface area contributed by atoms with E-state index in [2.05, 4.69) is 5.32 Å². The number of urea groups is 1. The topological polar surface area (TPSA) is 82.9 Å². The van der Waals surface area contributed by atoms with Crippen molar-refractivity contribution in [1.29, 1.82) is 0 Å². The van der Waals surface area contributed by atoms with Gasteiger partial charge in [0.25, 0.3) is 5.91 Å². The van der Waals surface area contributed by atoms with Gasteiger partial charge in [0.15, 0.2) is 0 Å². The SMILES string of the molecule is CN(Cc1ccco1)C(=O)CN1C(=O)N[C@](C)(c2ccc(Cl)cc2)C1=O. The molecular formula is C18H18ClN3O4. The molecule has 1 aromatic carbocycles. The number of furan rings is 1. The fourth-order valence-corrected chi connectivity index (χ4v) is 2.93. The standard InChI is InChI=1S/C18H18ClN3O4/c1-18(12-5-7-13(19)8-6-12)16(24)22(17(25)20-18)11-15(23)21(2)10-14-4-3-9-26-14/h3-9H,10-11H2,1-2H3,(H,20,25)/t18-/m1/s1. The van der Waals surface area contributed by atoms with Crippen LogP contribution in [-0.4, -0.2) is 41.2 Å². The summed E-state index contributed by atoms with van der Waals surface area (Å²) < 4.78 is 5.20. The predicted molar refractivity (Wildman–Crippen MR) is 94.2 cm³/mol. The largest absolute Gasteiger partial charge is 0.467 e. The molecule has 26 heavy (non-hydrogen) atoms. The number of nitrogens with zero attached hydrogens (tertiary/aromatic N) is 2. The summed E-state index contributed by atoms with van der Waals surface area (Å²) in [5, 5.41) is 3.19. The molecule has 1 atom stereocenters. The van der Waals surface area contributed by atoms with E-state index in [4.69, 9.17) is 16.0 Å². The Hall–Kier alpha value is -2.80. The molecule has 0 bridgehead atoms. The van der Waals surface area contributed by atoms with Crippen molar-refractivity contribution in [2.75, 3.05) is 13.6 Å². The van der Waals surface area contributed by atoms with E-state index >= 15 is 0 Å². The molecule has 8 heteroatoms. The van der Waals surface area contributed by atoms with E-state index in [1.165, 1.54) is 11.2 Å². The summed E-state index contributed by atoms with van der Waals surface area (Å²) in [6, 6.07) is 9.51. The van der Waals surface area contributed by atoms with Gasteiger partial charge in [0.05, 0.1) is 12.8 Å². The Kier molecular flexibility index (Phi) is 4.73. The van der Waals surface area contributed by atoms with Crippen LogP contribution in [0.4, 0.5) is 4.79 Å². The highest BCUT2D eigenvalue weighted by molar-refractivity contribution is 6.30. The number of carbonyl (C=O) groups excluding carboxylic acids is 3. The second-order valence-electron chi connectivity index (χ2n) is 6.28. The fourth-order valence-electron chi connectivity index (χ4n) is 2.80. The van der Waals surface area contributed by atoms with Gasteiger partial charge in [-0.3, -0.25) is 14.5 Å². The number of nitrogens with one attached hydrogen (secondary N) is 1. The molecule has 1 aliphatic rings. The lowest BCUT2D eigenvalue weighted by Crippen LogP contribution is -2.43. The molecule has 0 aliphatic carbocycles. The van der Waals surface area contributed by atoms with Crippen LogP contribution >= 0.6 is 11.6 Å². The van der Waals surface area contributed by atoms with Crippen molar-refractivity contribution < 1.29 is 18.8 Å². The number of rotatable bonds is 5. The molecule has 0 spiro atoms. The number of hydrogen-bond acceptors (Lipinski definition) is 4. The zero-order valence-corrected chi connectivity index (χ0v) is 15.1. The molecule has 0 radical (unpaired) electrons. The van der Waals surface area contributed by atoms with Crippen molar-refractivity contribution in [1.82, 2.24) is 15.1 Å². The number of imide groups is 1. The van der Waals surface area contributed by atoms with Crippen LogP contribution in [0.25, 0.3) is 0 Å². The van der Waals surface area contributed by atoms with Crippen molar-refractivity contribution in [3.8, 4) is 0 Å². The molecule has 136 valence electrons. The van der Waals surface area contributed by atoms with Gasteiger partial charge in [-0.25, -0.2) is 4.79 Å². The van der Waals surface area contributed by atoms with E-state index in [9.17, 15) is 14.4 Å². The molecule has 1 N–H and O–H groups in total. The summed E-state index contributed by atoms with van der Waals surface area (Å²) in [7, 11) is 1.59. The molecule has 1 fully saturated rings. The molecule has 3 rings (SSSR count). The Bertz CT molecular complexity index is 835. The molecule has 4 amide bonds. The number of halogens is 1. The lowest BCUT2D eigenvalue weighted by molar-refractivity contribution is -0.138. The van der Waals surface area contributed by atoms with Crippen molar-refractivity contribution >= 4 is 29.4 Å². The molecular weight excluding hydrogens is 358 g/mol. The molecule has 1 aliphatic heterocycles. The highest BCUT2D eigenvalue weighted by Gasteiger charge is 2.49. The molecule has 0 unspecified atom stereocenters. The molecule has 7 nitrogen and oxygen atoms in total. The van der Waals surface area contributed by atoms with Gasteiger partial charge in [-0.2, -0.15) is 0 Å². The second kappa shape index (κ2) is 6.84. The van der Waals surface area contributed by atoms with Crippen LogP contribution in [-0.2, 0) is 21.7 Å². The zero-order chi connectivity index (χ0) is 18.9. The van der Waals surface area contributed by atoms with E-state index in [-0.39, 0.29) is 19.0 Å². The average Bonchev–Trinajstić information content (AvgIpc) is 3.18. The van der Waals surface area contributed by atoms with Gasteiger partial charge in [0.1, 0.15) is 17.8 Å². The van der Waals surface area contributed by atoms with E-state index in [1.807, 2.05) is 0 Å². The minimum absolute atomic E-state index is 0.254. The Morgan fingerprint density at radius 2 is 1.96 bits per heavy atom. The Labute approximate surface area is 155 Å². The first kappa shape index (κ1) is 18.0. The van der Waals surface area contributed by atoms with Crippen LogP contribution in [0.1, 0.15) is 18.2 Å². The van der Waals surface area contributed by atoms with E-state index in [1.54, 1.807) is 50.4 Å². The van der Waals surface area contributed by atoms with Crippen molar-refractivity contribution in [3.63, 3.8) is 0 Å². The number of likely N-dealkylation sites (N-methyl/N-ethyl adjacent to an activating group) is 1. The third-order valence-electron chi connectivity index (χ3n) is 4.39. The first-order chi connectivity index (χ1) is 12.3. The summed E-state index contributed by atoms with van der Waals surface area (Å²) in [6.07, 6.45) is 1.52. The molecule has 1 aromatic heterocycles. The Balaban J connectivity index is 1.72. The van der Waals surface area contributed by atoms with Gasteiger partial charge in [0, 0.05) is 12.1 Å². The van der Waals surface area contributed by atoms with E-state index in [0.717, 1.165) is 4.90 Å². The van der Waals surface area contributed by atoms with Gasteiger partial charge in [-0.15, -0.1) is 0 Å². The number of amides is 4. The van der Waals surface area contributed by atoms with Gasteiger partial charge in [0.2, 0.25) is 5.91 Å². The third-order valence-corrected chi connectivity index (χ3v) is 4.64. The average molecular weight is 376 g/mol. The summed E-state index contributed by atoms with van der Waals surface area (Å²) in [5.74, 6) is -0.237. The van der Waals surface area contributed by atoms with Gasteiger partial charge < -0.3 is 14.6 Å². The number of benzene rings is 1. The summed E-state index contributed by atoms with van der Waals surface area (Å²) >= 11 is 5.88. The molecule has 2 heterocycles. The highest BCUT2D eigenvalue weighted by atomic mass is 35.5. The third kappa shape index (κ3) is 3.30. The predicted octanol–water partition coefficient (Wildman–Crippen LogP) is 2.36. The maximum absolute atomic E-state index is 12.8. The number of carbonyl (C=O) groups is 3. The Morgan fingerprint density at radius 1 is 1.27 bits per heavy atom. The van der Waals surface area contributed by atoms with Crippen LogP contribution in [0, 0.1) is 0 Å². The van der Waals surface area contributed by atoms with Gasteiger partial charge in [-0.1, -0.05) is 23.7 Å². The molecule has 0 saturated carbocycles. The maximum Gasteiger partial charge on any atom is 0.325 e. The lowest BCUT2D eigenvalue weighted by Gasteiger charge is -2.23. The summed E-state index contributed by atoms with van der Waals surface area (Å²) in [5.41, 5.74) is -0.638. The summed E-state index contributed by atoms with van der Waals surface area (Å²) in [4.78, 5) is 39.8. The second-order valence-corrected chi connectivity index (χ2v) is 6.72. The van der Waals surface area contributed by atoms with Gasteiger partial charge in [-0.05, 0) is 36.8 Å². The normalized spacial score (nSPS) is 19.6. The first-order valence-corrected chi connectivity index (χ1v) is 8.35. The maximum atomic E-state index is 12.8. The first-order valence-electron chi connectivity index (χ1n) is 7.98. The van der Waals surface area contributed by atoms with Crippen LogP contribution in [0.2, 0.25) is 5.02 Å². The van der Waals surface area contributed by atoms with E-state index in [0.29, 0.717) is 16.3 Å². The van der Waals surface area contributed by atoms with E-state index < -0.39 is 17.5 Å². The van der Waals surface area contributed by atoms with Crippen LogP contribution in [0.15, 0.2) is 47.1 Å². The van der Waals surface area contributed by atoms with Gasteiger partial charge >= 0.3 is 6.03 Å². The number of hydrogen-bond donors (Lipinski definition) is 1. The van der Waals surface area contributed by atoms with Crippen molar-refractivity contribution in [2.24, 2.45) is 0 Å². The lowest BCUT2D eigenvalue weighted by atomic mass is 9.92. The van der Waals surface area contributed by atoms with Crippen molar-refractivity contribution in [3.05, 3.63) is 59.0 Å². The minimum atomic E-state index is -1.23. The zero-order valence-electron chi connectivity index (χ0n) is 14.4. The highest BCUT2D eigenvalue weighted by Crippen LogP contribution is 2.29. The Morgan fingerprint density at radius 3 is 2.58 bits per heavy atom. The summed E-state index contributed by atoms with van der Waals surface area (Å²) in [6.45, 7) is 1.52. The van der Waals surface area contributed by atoms with Crippen molar-refractivity contribution in [2.45, 2.75) is 19.0 Å². The fraction of sp³-hybridized carbons (Fsp3) is 0.278. The van der Waals surface area contributed by atoms with Crippen LogP contribution in [0.5, 0.6) is 0 Å². The smallest absolute Gasteiger partial charge is 0.325 e.